The number of aromatic nitrogens is 3. The molecule has 166 valence electrons. The first-order valence-corrected chi connectivity index (χ1v) is 11.8. The summed E-state index contributed by atoms with van der Waals surface area (Å²) in [4.78, 5) is 21.6. The fraction of sp³-hybridized carbons (Fsp3) is 0.400. The lowest BCUT2D eigenvalue weighted by atomic mass is 10.0. The lowest BCUT2D eigenvalue weighted by Crippen LogP contribution is -2.52. The van der Waals surface area contributed by atoms with Crippen LogP contribution in [0.3, 0.4) is 0 Å². The standard InChI is InChI=1S/C25H29ClN6/c1-30-13-15-31(16-14-30)22-8-11-32(12-9-22)24-17-23(19-4-6-21(26)7-5-19)28-25(29-24)20-3-2-10-27-18-20/h2-7,10,17-18,22H,8-9,11-16H2,1H3. The maximum Gasteiger partial charge on any atom is 0.163 e. The minimum atomic E-state index is 0.676. The molecule has 0 saturated carbocycles. The van der Waals surface area contributed by atoms with E-state index in [1.54, 1.807) is 6.20 Å². The first-order valence-electron chi connectivity index (χ1n) is 11.4. The molecule has 32 heavy (non-hydrogen) atoms. The molecule has 0 aliphatic carbocycles. The van der Waals surface area contributed by atoms with E-state index in [1.807, 2.05) is 42.6 Å². The zero-order valence-corrected chi connectivity index (χ0v) is 19.2. The quantitative estimate of drug-likeness (QED) is 0.599. The number of pyridine rings is 1. The van der Waals surface area contributed by atoms with Gasteiger partial charge in [-0.1, -0.05) is 23.7 Å². The number of anilines is 1. The van der Waals surface area contributed by atoms with Gasteiger partial charge in [0.2, 0.25) is 0 Å². The van der Waals surface area contributed by atoms with Crippen LogP contribution in [0.4, 0.5) is 5.82 Å². The van der Waals surface area contributed by atoms with Gasteiger partial charge in [-0.25, -0.2) is 9.97 Å². The minimum absolute atomic E-state index is 0.676. The van der Waals surface area contributed by atoms with E-state index in [9.17, 15) is 0 Å². The number of hydrogen-bond acceptors (Lipinski definition) is 6. The number of likely N-dealkylation sites (N-methyl/N-ethyl adjacent to an activating group) is 1. The summed E-state index contributed by atoms with van der Waals surface area (Å²) in [5, 5.41) is 0.724. The largest absolute Gasteiger partial charge is 0.356 e. The molecule has 2 aliphatic heterocycles. The van der Waals surface area contributed by atoms with Crippen LogP contribution in [-0.4, -0.2) is 77.1 Å². The predicted octanol–water partition coefficient (Wildman–Crippen LogP) is 4.08. The van der Waals surface area contributed by atoms with E-state index in [-0.39, 0.29) is 0 Å². The molecule has 0 bridgehead atoms. The van der Waals surface area contributed by atoms with Crippen molar-refractivity contribution in [2.45, 2.75) is 18.9 Å². The Morgan fingerprint density at radius 2 is 1.62 bits per heavy atom. The fourth-order valence-electron chi connectivity index (χ4n) is 4.64. The molecule has 6 nitrogen and oxygen atoms in total. The number of piperidine rings is 1. The van der Waals surface area contributed by atoms with Gasteiger partial charge >= 0.3 is 0 Å². The number of hydrogen-bond donors (Lipinski definition) is 0. The summed E-state index contributed by atoms with van der Waals surface area (Å²) in [6, 6.07) is 14.6. The Morgan fingerprint density at radius 3 is 2.31 bits per heavy atom. The highest BCUT2D eigenvalue weighted by Crippen LogP contribution is 2.29. The van der Waals surface area contributed by atoms with Gasteiger partial charge in [-0.2, -0.15) is 0 Å². The van der Waals surface area contributed by atoms with Crippen molar-refractivity contribution in [3.63, 3.8) is 0 Å². The van der Waals surface area contributed by atoms with Gasteiger partial charge in [0.05, 0.1) is 5.69 Å². The first kappa shape index (κ1) is 21.3. The zero-order chi connectivity index (χ0) is 21.9. The molecule has 0 atom stereocenters. The lowest BCUT2D eigenvalue weighted by molar-refractivity contribution is 0.0981. The van der Waals surface area contributed by atoms with Crippen LogP contribution in [0.25, 0.3) is 22.6 Å². The van der Waals surface area contributed by atoms with E-state index in [0.717, 1.165) is 40.8 Å². The monoisotopic (exact) mass is 448 g/mol. The number of benzene rings is 1. The Balaban J connectivity index is 1.39. The average molecular weight is 449 g/mol. The molecule has 2 saturated heterocycles. The second-order valence-corrected chi connectivity index (χ2v) is 9.18. The molecule has 5 rings (SSSR count). The highest BCUT2D eigenvalue weighted by Gasteiger charge is 2.27. The molecule has 2 fully saturated rings. The molecule has 4 heterocycles. The molecule has 0 unspecified atom stereocenters. The van der Waals surface area contributed by atoms with Crippen molar-refractivity contribution in [1.29, 1.82) is 0 Å². The molecule has 0 radical (unpaired) electrons. The second-order valence-electron chi connectivity index (χ2n) is 8.74. The summed E-state index contributed by atoms with van der Waals surface area (Å²) in [5.41, 5.74) is 2.87. The summed E-state index contributed by atoms with van der Waals surface area (Å²) >= 11 is 6.11. The summed E-state index contributed by atoms with van der Waals surface area (Å²) < 4.78 is 0. The van der Waals surface area contributed by atoms with Crippen molar-refractivity contribution in [2.75, 3.05) is 51.2 Å². The van der Waals surface area contributed by atoms with Crippen LogP contribution in [0.15, 0.2) is 54.9 Å². The predicted molar refractivity (Wildman–Crippen MR) is 130 cm³/mol. The van der Waals surface area contributed by atoms with Crippen molar-refractivity contribution in [1.82, 2.24) is 24.8 Å². The molecule has 7 heteroatoms. The van der Waals surface area contributed by atoms with Crippen LogP contribution in [0.5, 0.6) is 0 Å². The number of nitrogens with zero attached hydrogens (tertiary/aromatic N) is 6. The lowest BCUT2D eigenvalue weighted by Gasteiger charge is -2.42. The number of piperazine rings is 1. The molecule has 2 aromatic heterocycles. The third-order valence-corrected chi connectivity index (χ3v) is 6.87. The van der Waals surface area contributed by atoms with Crippen molar-refractivity contribution in [3.05, 3.63) is 59.9 Å². The van der Waals surface area contributed by atoms with Gasteiger partial charge in [0, 0.05) is 79.9 Å². The van der Waals surface area contributed by atoms with Crippen LogP contribution in [0, 0.1) is 0 Å². The van der Waals surface area contributed by atoms with Gasteiger partial charge in [0.1, 0.15) is 5.82 Å². The van der Waals surface area contributed by atoms with Crippen LogP contribution in [0.2, 0.25) is 5.02 Å². The maximum atomic E-state index is 6.11. The third-order valence-electron chi connectivity index (χ3n) is 6.62. The highest BCUT2D eigenvalue weighted by molar-refractivity contribution is 6.30. The van der Waals surface area contributed by atoms with Crippen LogP contribution >= 0.6 is 11.6 Å². The van der Waals surface area contributed by atoms with Crippen molar-refractivity contribution >= 4 is 17.4 Å². The van der Waals surface area contributed by atoms with Gasteiger partial charge in [-0.3, -0.25) is 9.88 Å². The summed E-state index contributed by atoms with van der Waals surface area (Å²) in [6.07, 6.45) is 5.94. The molecular formula is C25H29ClN6. The highest BCUT2D eigenvalue weighted by atomic mass is 35.5. The van der Waals surface area contributed by atoms with Gasteiger partial charge in [0.25, 0.3) is 0 Å². The van der Waals surface area contributed by atoms with Crippen LogP contribution < -0.4 is 4.90 Å². The molecule has 1 aromatic carbocycles. The van der Waals surface area contributed by atoms with Crippen molar-refractivity contribution in [3.8, 4) is 22.6 Å². The summed E-state index contributed by atoms with van der Waals surface area (Å²) in [7, 11) is 2.22. The van der Waals surface area contributed by atoms with Gasteiger partial charge < -0.3 is 9.80 Å². The van der Waals surface area contributed by atoms with Gasteiger partial charge in [-0.05, 0) is 44.2 Å². The van der Waals surface area contributed by atoms with Crippen LogP contribution in [0.1, 0.15) is 12.8 Å². The molecular weight excluding hydrogens is 420 g/mol. The number of halogens is 1. The molecule has 0 spiro atoms. The smallest absolute Gasteiger partial charge is 0.163 e. The maximum absolute atomic E-state index is 6.11. The normalized spacial score (nSPS) is 18.8. The topological polar surface area (TPSA) is 48.4 Å². The Kier molecular flexibility index (Phi) is 6.35. The molecule has 0 N–H and O–H groups in total. The average Bonchev–Trinajstić information content (AvgIpc) is 2.85. The Hall–Kier alpha value is -2.54. The third kappa shape index (κ3) is 4.77. The first-order chi connectivity index (χ1) is 15.7. The Bertz CT molecular complexity index is 1030. The Morgan fingerprint density at radius 1 is 0.875 bits per heavy atom. The van der Waals surface area contributed by atoms with Crippen molar-refractivity contribution in [2.24, 2.45) is 0 Å². The molecule has 2 aliphatic rings. The summed E-state index contributed by atoms with van der Waals surface area (Å²) in [5.74, 6) is 1.70. The Labute approximate surface area is 194 Å². The zero-order valence-electron chi connectivity index (χ0n) is 18.5. The van der Waals surface area contributed by atoms with E-state index >= 15 is 0 Å². The van der Waals surface area contributed by atoms with Crippen LogP contribution in [-0.2, 0) is 0 Å². The molecule has 0 amide bonds. The van der Waals surface area contributed by atoms with E-state index in [0.29, 0.717) is 11.9 Å². The van der Waals surface area contributed by atoms with E-state index in [4.69, 9.17) is 21.6 Å². The van der Waals surface area contributed by atoms with E-state index < -0.39 is 0 Å². The van der Waals surface area contributed by atoms with Crippen molar-refractivity contribution < 1.29 is 0 Å². The summed E-state index contributed by atoms with van der Waals surface area (Å²) in [6.45, 7) is 6.73. The van der Waals surface area contributed by atoms with E-state index in [2.05, 4.69) is 32.8 Å². The van der Waals surface area contributed by atoms with Gasteiger partial charge in [0.15, 0.2) is 5.82 Å². The van der Waals surface area contributed by atoms with E-state index in [1.165, 1.54) is 39.0 Å². The SMILES string of the molecule is CN1CCN(C2CCN(c3cc(-c4ccc(Cl)cc4)nc(-c4cccnc4)n3)CC2)CC1. The second kappa shape index (κ2) is 9.53. The fourth-order valence-corrected chi connectivity index (χ4v) is 4.76. The number of rotatable bonds is 4. The molecule has 3 aromatic rings. The minimum Gasteiger partial charge on any atom is -0.356 e. The van der Waals surface area contributed by atoms with Gasteiger partial charge in [-0.15, -0.1) is 0 Å².